The Bertz CT molecular complexity index is 429. The number of carboxylic acid groups (broad SMARTS) is 1. The first-order valence-electron chi connectivity index (χ1n) is 5.69. The molecule has 0 radical (unpaired) electrons. The summed E-state index contributed by atoms with van der Waals surface area (Å²) in [7, 11) is 1.66. The monoisotopic (exact) mass is 250 g/mol. The van der Waals surface area contributed by atoms with Crippen LogP contribution in [0.5, 0.6) is 0 Å². The predicted molar refractivity (Wildman–Crippen MR) is 66.7 cm³/mol. The molecule has 18 heavy (non-hydrogen) atoms. The lowest BCUT2D eigenvalue weighted by molar-refractivity contribution is -0.151. The van der Waals surface area contributed by atoms with Crippen LogP contribution in [0.2, 0.25) is 0 Å². The number of hydrogen-bond donors (Lipinski definition) is 1. The van der Waals surface area contributed by atoms with E-state index in [9.17, 15) is 9.59 Å². The zero-order valence-corrected chi connectivity index (χ0v) is 10.9. The van der Waals surface area contributed by atoms with Gasteiger partial charge in [-0.25, -0.2) is 0 Å². The number of rotatable bonds is 5. The fraction of sp³-hybridized carbons (Fsp3) is 0.462. The van der Waals surface area contributed by atoms with E-state index in [0.717, 1.165) is 5.56 Å². The molecule has 0 spiro atoms. The van der Waals surface area contributed by atoms with E-state index in [1.807, 2.05) is 6.07 Å². The van der Waals surface area contributed by atoms with Gasteiger partial charge in [0, 0.05) is 32.4 Å². The zero-order chi connectivity index (χ0) is 13.8. The molecule has 0 bridgehead atoms. The highest BCUT2D eigenvalue weighted by Crippen LogP contribution is 2.21. The summed E-state index contributed by atoms with van der Waals surface area (Å²) in [6.07, 6.45) is 3.34. The molecule has 0 aromatic carbocycles. The Morgan fingerprint density at radius 3 is 2.61 bits per heavy atom. The molecule has 5 heteroatoms. The Morgan fingerprint density at radius 1 is 1.44 bits per heavy atom. The molecule has 0 aliphatic rings. The van der Waals surface area contributed by atoms with Gasteiger partial charge in [-0.2, -0.15) is 0 Å². The van der Waals surface area contributed by atoms with E-state index in [-0.39, 0.29) is 12.3 Å². The summed E-state index contributed by atoms with van der Waals surface area (Å²) in [4.78, 5) is 28.3. The molecule has 0 aliphatic heterocycles. The van der Waals surface area contributed by atoms with Crippen molar-refractivity contribution < 1.29 is 14.7 Å². The lowest BCUT2D eigenvalue weighted by atomic mass is 9.89. The van der Waals surface area contributed by atoms with Crippen LogP contribution in [0.3, 0.4) is 0 Å². The summed E-state index contributed by atoms with van der Waals surface area (Å²) < 4.78 is 0. The van der Waals surface area contributed by atoms with Gasteiger partial charge in [-0.15, -0.1) is 0 Å². The number of carbonyl (C=O) groups is 2. The molecule has 0 aliphatic carbocycles. The quantitative estimate of drug-likeness (QED) is 0.860. The van der Waals surface area contributed by atoms with Crippen LogP contribution in [0.4, 0.5) is 0 Å². The molecule has 1 heterocycles. The maximum atomic E-state index is 11.9. The van der Waals surface area contributed by atoms with Gasteiger partial charge in [-0.1, -0.05) is 6.07 Å². The second kappa shape index (κ2) is 5.62. The Balaban J connectivity index is 2.60. The van der Waals surface area contributed by atoms with Crippen LogP contribution in [-0.2, 0) is 16.1 Å². The number of hydrogen-bond acceptors (Lipinski definition) is 3. The highest BCUT2D eigenvalue weighted by Gasteiger charge is 2.31. The normalized spacial score (nSPS) is 11.1. The Hall–Kier alpha value is -1.91. The molecule has 5 nitrogen and oxygen atoms in total. The Labute approximate surface area is 106 Å². The Morgan fingerprint density at radius 2 is 2.11 bits per heavy atom. The molecular formula is C13H18N2O3. The van der Waals surface area contributed by atoms with E-state index >= 15 is 0 Å². The summed E-state index contributed by atoms with van der Waals surface area (Å²) in [5.41, 5.74) is -0.123. The minimum atomic E-state index is -1.04. The zero-order valence-electron chi connectivity index (χ0n) is 10.9. The van der Waals surface area contributed by atoms with Crippen LogP contribution in [0.1, 0.15) is 25.8 Å². The van der Waals surface area contributed by atoms with Gasteiger partial charge < -0.3 is 10.0 Å². The third-order valence-electron chi connectivity index (χ3n) is 2.74. The smallest absolute Gasteiger partial charge is 0.309 e. The fourth-order valence-corrected chi connectivity index (χ4v) is 1.44. The summed E-state index contributed by atoms with van der Waals surface area (Å²) in [5, 5.41) is 8.98. The van der Waals surface area contributed by atoms with Crippen LogP contribution in [-0.4, -0.2) is 33.9 Å². The molecule has 1 N–H and O–H groups in total. The van der Waals surface area contributed by atoms with Crippen molar-refractivity contribution in [3.05, 3.63) is 30.1 Å². The number of carbonyl (C=O) groups excluding carboxylic acids is 1. The van der Waals surface area contributed by atoms with E-state index in [0.29, 0.717) is 6.54 Å². The van der Waals surface area contributed by atoms with Gasteiger partial charge in [0.05, 0.1) is 5.41 Å². The van der Waals surface area contributed by atoms with Crippen LogP contribution in [0.15, 0.2) is 24.5 Å². The molecule has 1 amide bonds. The van der Waals surface area contributed by atoms with Crippen LogP contribution in [0.25, 0.3) is 0 Å². The fourth-order valence-electron chi connectivity index (χ4n) is 1.44. The first-order chi connectivity index (χ1) is 8.33. The Kier molecular flexibility index (Phi) is 4.42. The summed E-state index contributed by atoms with van der Waals surface area (Å²) >= 11 is 0. The number of amides is 1. The average molecular weight is 250 g/mol. The molecule has 1 aromatic rings. The number of aliphatic carboxylic acids is 1. The molecule has 0 saturated heterocycles. The minimum absolute atomic E-state index is 0.0148. The van der Waals surface area contributed by atoms with Crippen molar-refractivity contribution in [1.82, 2.24) is 9.88 Å². The molecule has 0 saturated carbocycles. The number of aromatic nitrogens is 1. The summed E-state index contributed by atoms with van der Waals surface area (Å²) in [6, 6.07) is 3.67. The highest BCUT2D eigenvalue weighted by molar-refractivity contribution is 5.84. The van der Waals surface area contributed by atoms with Gasteiger partial charge in [0.1, 0.15) is 0 Å². The van der Waals surface area contributed by atoms with Crippen LogP contribution < -0.4 is 0 Å². The number of nitrogens with zero attached hydrogens (tertiary/aromatic N) is 2. The van der Waals surface area contributed by atoms with E-state index in [1.54, 1.807) is 39.4 Å². The highest BCUT2D eigenvalue weighted by atomic mass is 16.4. The molecule has 1 aromatic heterocycles. The van der Waals surface area contributed by atoms with Gasteiger partial charge in [0.25, 0.3) is 0 Å². The topological polar surface area (TPSA) is 70.5 Å². The molecule has 0 atom stereocenters. The van der Waals surface area contributed by atoms with E-state index in [4.69, 9.17) is 5.11 Å². The van der Waals surface area contributed by atoms with Gasteiger partial charge >= 0.3 is 5.97 Å². The molecule has 1 rings (SSSR count). The average Bonchev–Trinajstić information content (AvgIpc) is 2.29. The van der Waals surface area contributed by atoms with Crippen LogP contribution in [0, 0.1) is 5.41 Å². The van der Waals surface area contributed by atoms with Gasteiger partial charge in [-0.05, 0) is 25.5 Å². The molecule has 98 valence electrons. The first kappa shape index (κ1) is 14.2. The third kappa shape index (κ3) is 3.84. The summed E-state index contributed by atoms with van der Waals surface area (Å²) in [6.45, 7) is 3.53. The van der Waals surface area contributed by atoms with Crippen molar-refractivity contribution in [3.8, 4) is 0 Å². The molecule has 0 unspecified atom stereocenters. The summed E-state index contributed by atoms with van der Waals surface area (Å²) in [5.74, 6) is -1.16. The van der Waals surface area contributed by atoms with Gasteiger partial charge in [-0.3, -0.25) is 14.6 Å². The van der Waals surface area contributed by atoms with Crippen LogP contribution >= 0.6 is 0 Å². The molecular weight excluding hydrogens is 232 g/mol. The first-order valence-corrected chi connectivity index (χ1v) is 5.69. The maximum absolute atomic E-state index is 11.9. The van der Waals surface area contributed by atoms with Crippen molar-refractivity contribution >= 4 is 11.9 Å². The minimum Gasteiger partial charge on any atom is -0.481 e. The van der Waals surface area contributed by atoms with Gasteiger partial charge in [0.15, 0.2) is 0 Å². The van der Waals surface area contributed by atoms with Crippen molar-refractivity contribution in [2.24, 2.45) is 5.41 Å². The predicted octanol–water partition coefficient (Wildman–Crippen LogP) is 1.54. The number of carboxylic acids is 1. The van der Waals surface area contributed by atoms with E-state index in [1.165, 1.54) is 4.90 Å². The second-order valence-corrected chi connectivity index (χ2v) is 4.98. The second-order valence-electron chi connectivity index (χ2n) is 4.98. The standard InChI is InChI=1S/C13H18N2O3/c1-13(2,12(17)18)7-11(16)15(3)9-10-5-4-6-14-8-10/h4-6,8H,7,9H2,1-3H3,(H,17,18). The lowest BCUT2D eigenvalue weighted by Gasteiger charge is -2.23. The van der Waals surface area contributed by atoms with E-state index < -0.39 is 11.4 Å². The SMILES string of the molecule is CN(Cc1cccnc1)C(=O)CC(C)(C)C(=O)O. The maximum Gasteiger partial charge on any atom is 0.309 e. The van der Waals surface area contributed by atoms with E-state index in [2.05, 4.69) is 4.98 Å². The van der Waals surface area contributed by atoms with Crippen molar-refractivity contribution in [3.63, 3.8) is 0 Å². The largest absolute Gasteiger partial charge is 0.481 e. The lowest BCUT2D eigenvalue weighted by Crippen LogP contribution is -2.34. The molecule has 0 fully saturated rings. The van der Waals surface area contributed by atoms with Crippen molar-refractivity contribution in [1.29, 1.82) is 0 Å². The number of pyridine rings is 1. The van der Waals surface area contributed by atoms with Crippen molar-refractivity contribution in [2.45, 2.75) is 26.8 Å². The van der Waals surface area contributed by atoms with Gasteiger partial charge in [0.2, 0.25) is 5.91 Å². The van der Waals surface area contributed by atoms with Crippen molar-refractivity contribution in [2.75, 3.05) is 7.05 Å². The third-order valence-corrected chi connectivity index (χ3v) is 2.74.